The molecule has 0 bridgehead atoms. The highest BCUT2D eigenvalue weighted by atomic mass is 16.2. The first-order valence-corrected chi connectivity index (χ1v) is 6.46. The predicted molar refractivity (Wildman–Crippen MR) is 79.9 cm³/mol. The van der Waals surface area contributed by atoms with Gasteiger partial charge in [0.05, 0.1) is 23.5 Å². The molecular weight excluding hydrogens is 268 g/mol. The van der Waals surface area contributed by atoms with Gasteiger partial charge in [-0.3, -0.25) is 9.78 Å². The molecule has 0 radical (unpaired) electrons. The van der Waals surface area contributed by atoms with Crippen LogP contribution in [0.4, 0.5) is 10.5 Å². The number of urea groups is 1. The molecule has 0 aliphatic rings. The van der Waals surface area contributed by atoms with Gasteiger partial charge in [0.1, 0.15) is 0 Å². The van der Waals surface area contributed by atoms with Crippen LogP contribution in [-0.4, -0.2) is 24.0 Å². The number of nitrogens with one attached hydrogen (secondary N) is 3. The Kier molecular flexibility index (Phi) is 4.87. The van der Waals surface area contributed by atoms with E-state index in [1.807, 2.05) is 18.2 Å². The zero-order valence-corrected chi connectivity index (χ0v) is 11.6. The Morgan fingerprint density at radius 3 is 2.57 bits per heavy atom. The first-order chi connectivity index (χ1) is 10.2. The summed E-state index contributed by atoms with van der Waals surface area (Å²) in [6.45, 7) is 0.327. The van der Waals surface area contributed by atoms with E-state index in [9.17, 15) is 9.59 Å². The zero-order valence-electron chi connectivity index (χ0n) is 11.6. The van der Waals surface area contributed by atoms with E-state index in [2.05, 4.69) is 20.9 Å². The van der Waals surface area contributed by atoms with Crippen molar-refractivity contribution in [3.05, 3.63) is 59.9 Å². The highest BCUT2D eigenvalue weighted by Crippen LogP contribution is 2.14. The third-order valence-corrected chi connectivity index (χ3v) is 2.80. The standard InChI is InChI=1S/C15H16N4O2/c1-16-15(21)19-13-8-3-2-7-12(13)14(20)18-10-11-6-4-5-9-17-11/h2-9H,10H2,1H3,(H,18,20)(H2,16,19,21). The van der Waals surface area contributed by atoms with Crippen molar-refractivity contribution in [1.82, 2.24) is 15.6 Å². The molecule has 3 amide bonds. The molecule has 3 N–H and O–H groups in total. The van der Waals surface area contributed by atoms with Crippen molar-refractivity contribution in [2.24, 2.45) is 0 Å². The first kappa shape index (κ1) is 14.5. The monoisotopic (exact) mass is 284 g/mol. The number of hydrogen-bond acceptors (Lipinski definition) is 3. The van der Waals surface area contributed by atoms with E-state index in [1.54, 1.807) is 30.5 Å². The minimum Gasteiger partial charge on any atom is -0.346 e. The highest BCUT2D eigenvalue weighted by Gasteiger charge is 2.12. The van der Waals surface area contributed by atoms with Crippen molar-refractivity contribution in [2.75, 3.05) is 12.4 Å². The maximum absolute atomic E-state index is 12.2. The number of pyridine rings is 1. The number of para-hydroxylation sites is 1. The predicted octanol–water partition coefficient (Wildman–Crippen LogP) is 1.76. The van der Waals surface area contributed by atoms with Crippen molar-refractivity contribution in [3.8, 4) is 0 Å². The summed E-state index contributed by atoms with van der Waals surface area (Å²) in [5.41, 5.74) is 1.62. The maximum Gasteiger partial charge on any atom is 0.318 e. The highest BCUT2D eigenvalue weighted by molar-refractivity contribution is 6.03. The van der Waals surface area contributed by atoms with Gasteiger partial charge in [-0.2, -0.15) is 0 Å². The maximum atomic E-state index is 12.2. The Hall–Kier alpha value is -2.89. The van der Waals surface area contributed by atoms with E-state index in [1.165, 1.54) is 7.05 Å². The lowest BCUT2D eigenvalue weighted by Crippen LogP contribution is -2.28. The molecule has 108 valence electrons. The van der Waals surface area contributed by atoms with Gasteiger partial charge in [0, 0.05) is 13.2 Å². The summed E-state index contributed by atoms with van der Waals surface area (Å²) in [5.74, 6) is -0.271. The molecule has 1 aromatic carbocycles. The van der Waals surface area contributed by atoms with E-state index in [0.717, 1.165) is 5.69 Å². The van der Waals surface area contributed by atoms with Gasteiger partial charge in [0.15, 0.2) is 0 Å². The van der Waals surface area contributed by atoms with Crippen LogP contribution in [0.15, 0.2) is 48.7 Å². The molecule has 21 heavy (non-hydrogen) atoms. The second kappa shape index (κ2) is 7.04. The second-order valence-corrected chi connectivity index (χ2v) is 4.25. The SMILES string of the molecule is CNC(=O)Nc1ccccc1C(=O)NCc1ccccn1. The molecular formula is C15H16N4O2. The van der Waals surface area contributed by atoms with Gasteiger partial charge < -0.3 is 16.0 Å². The molecule has 2 rings (SSSR count). The van der Waals surface area contributed by atoms with Gasteiger partial charge in [0.25, 0.3) is 5.91 Å². The minimum absolute atomic E-state index is 0.271. The van der Waals surface area contributed by atoms with Crippen molar-refractivity contribution >= 4 is 17.6 Å². The van der Waals surface area contributed by atoms with E-state index in [-0.39, 0.29) is 11.9 Å². The van der Waals surface area contributed by atoms with E-state index in [4.69, 9.17) is 0 Å². The van der Waals surface area contributed by atoms with Crippen molar-refractivity contribution in [2.45, 2.75) is 6.54 Å². The number of benzene rings is 1. The number of anilines is 1. The first-order valence-electron chi connectivity index (χ1n) is 6.46. The molecule has 0 aliphatic heterocycles. The lowest BCUT2D eigenvalue weighted by Gasteiger charge is -2.11. The van der Waals surface area contributed by atoms with Crippen molar-refractivity contribution in [3.63, 3.8) is 0 Å². The number of nitrogens with zero attached hydrogens (tertiary/aromatic N) is 1. The van der Waals surface area contributed by atoms with E-state index < -0.39 is 0 Å². The van der Waals surface area contributed by atoms with Crippen LogP contribution in [-0.2, 0) is 6.54 Å². The average Bonchev–Trinajstić information content (AvgIpc) is 2.54. The minimum atomic E-state index is -0.375. The Morgan fingerprint density at radius 2 is 1.86 bits per heavy atom. The largest absolute Gasteiger partial charge is 0.346 e. The fourth-order valence-electron chi connectivity index (χ4n) is 1.74. The summed E-state index contributed by atoms with van der Waals surface area (Å²) in [6.07, 6.45) is 1.67. The van der Waals surface area contributed by atoms with E-state index in [0.29, 0.717) is 17.8 Å². The van der Waals surface area contributed by atoms with Gasteiger partial charge in [-0.25, -0.2) is 4.79 Å². The molecule has 1 aromatic heterocycles. The van der Waals surface area contributed by atoms with Crippen molar-refractivity contribution < 1.29 is 9.59 Å². The van der Waals surface area contributed by atoms with Gasteiger partial charge in [-0.1, -0.05) is 18.2 Å². The normalized spacial score (nSPS) is 9.76. The molecule has 2 aromatic rings. The molecule has 0 saturated heterocycles. The van der Waals surface area contributed by atoms with E-state index >= 15 is 0 Å². The quantitative estimate of drug-likeness (QED) is 0.800. The molecule has 0 aliphatic carbocycles. The van der Waals surface area contributed by atoms with Crippen LogP contribution in [0, 0.1) is 0 Å². The lowest BCUT2D eigenvalue weighted by atomic mass is 10.1. The van der Waals surface area contributed by atoms with Gasteiger partial charge in [0.2, 0.25) is 0 Å². The van der Waals surface area contributed by atoms with Crippen LogP contribution in [0.25, 0.3) is 0 Å². The number of hydrogen-bond donors (Lipinski definition) is 3. The third-order valence-electron chi connectivity index (χ3n) is 2.80. The number of carbonyl (C=O) groups excluding carboxylic acids is 2. The molecule has 1 heterocycles. The Balaban J connectivity index is 2.07. The number of carbonyl (C=O) groups is 2. The number of rotatable bonds is 4. The Morgan fingerprint density at radius 1 is 1.10 bits per heavy atom. The van der Waals surface area contributed by atoms with Gasteiger partial charge in [-0.15, -0.1) is 0 Å². The van der Waals surface area contributed by atoms with Crippen LogP contribution in [0.3, 0.4) is 0 Å². The topological polar surface area (TPSA) is 83.1 Å². The summed E-state index contributed by atoms with van der Waals surface area (Å²) in [5, 5.41) is 7.83. The van der Waals surface area contributed by atoms with Crippen LogP contribution < -0.4 is 16.0 Å². The molecule has 0 spiro atoms. The Labute approximate surface area is 122 Å². The molecule has 0 unspecified atom stereocenters. The average molecular weight is 284 g/mol. The second-order valence-electron chi connectivity index (χ2n) is 4.25. The molecule has 0 atom stereocenters. The molecule has 6 nitrogen and oxygen atoms in total. The number of aromatic nitrogens is 1. The molecule has 0 fully saturated rings. The van der Waals surface area contributed by atoms with Gasteiger partial charge >= 0.3 is 6.03 Å². The summed E-state index contributed by atoms with van der Waals surface area (Å²) >= 11 is 0. The van der Waals surface area contributed by atoms with Crippen molar-refractivity contribution in [1.29, 1.82) is 0 Å². The fourth-order valence-corrected chi connectivity index (χ4v) is 1.74. The molecule has 6 heteroatoms. The van der Waals surface area contributed by atoms with Crippen LogP contribution >= 0.6 is 0 Å². The van der Waals surface area contributed by atoms with Crippen LogP contribution in [0.1, 0.15) is 16.1 Å². The summed E-state index contributed by atoms with van der Waals surface area (Å²) in [7, 11) is 1.51. The number of amides is 3. The van der Waals surface area contributed by atoms with Crippen LogP contribution in [0.5, 0.6) is 0 Å². The Bertz CT molecular complexity index is 629. The summed E-state index contributed by atoms with van der Waals surface area (Å²) in [4.78, 5) is 27.7. The third kappa shape index (κ3) is 4.04. The van der Waals surface area contributed by atoms with Crippen LogP contribution in [0.2, 0.25) is 0 Å². The summed E-state index contributed by atoms with van der Waals surface area (Å²) in [6, 6.07) is 11.9. The smallest absolute Gasteiger partial charge is 0.318 e. The van der Waals surface area contributed by atoms with Gasteiger partial charge in [-0.05, 0) is 24.3 Å². The lowest BCUT2D eigenvalue weighted by molar-refractivity contribution is 0.0951. The molecule has 0 saturated carbocycles. The fraction of sp³-hybridized carbons (Fsp3) is 0.133. The zero-order chi connectivity index (χ0) is 15.1. The summed E-state index contributed by atoms with van der Waals surface area (Å²) < 4.78 is 0.